The molecule has 0 aliphatic rings. The summed E-state index contributed by atoms with van der Waals surface area (Å²) in [5, 5.41) is 4.31. The third kappa shape index (κ3) is 2.79. The summed E-state index contributed by atoms with van der Waals surface area (Å²) in [6.07, 6.45) is 2.08. The zero-order valence-electron chi connectivity index (χ0n) is 17.2. The normalized spacial score (nSPS) is 12.7. The zero-order valence-corrected chi connectivity index (χ0v) is 18.9. The summed E-state index contributed by atoms with van der Waals surface area (Å²) in [5.74, 6) is 0. The molecule has 0 saturated heterocycles. The maximum absolute atomic E-state index is 14.2. The van der Waals surface area contributed by atoms with Crippen molar-refractivity contribution in [3.05, 3.63) is 115 Å². The first-order valence-corrected chi connectivity index (χ1v) is 13.4. The van der Waals surface area contributed by atoms with Crippen molar-refractivity contribution in [1.82, 2.24) is 0 Å². The molecule has 3 heteroatoms. The van der Waals surface area contributed by atoms with Gasteiger partial charge >= 0.3 is 183 Å². The fourth-order valence-electron chi connectivity index (χ4n) is 4.69. The zero-order chi connectivity index (χ0) is 21.1. The van der Waals surface area contributed by atoms with E-state index < -0.39 is 6.60 Å². The van der Waals surface area contributed by atoms with Crippen LogP contribution in [0.4, 0.5) is 0 Å². The van der Waals surface area contributed by atoms with Crippen LogP contribution in [0.5, 0.6) is 0 Å². The van der Waals surface area contributed by atoms with Crippen LogP contribution < -0.4 is 21.2 Å². The van der Waals surface area contributed by atoms with E-state index in [2.05, 4.69) is 66.9 Å². The van der Waals surface area contributed by atoms with Gasteiger partial charge < -0.3 is 0 Å². The van der Waals surface area contributed by atoms with Gasteiger partial charge in [0.2, 0.25) is 0 Å². The van der Waals surface area contributed by atoms with Crippen LogP contribution >= 0.6 is 18.4 Å². The average Bonchev–Trinajstić information content (AvgIpc) is 2.82. The number of thioether (sulfide) groups is 1. The average molecular weight is 429 g/mol. The summed E-state index contributed by atoms with van der Waals surface area (Å²) in [5.41, 5.74) is 0.197. The molecule has 0 amide bonds. The van der Waals surface area contributed by atoms with Crippen LogP contribution in [0.25, 0.3) is 0 Å². The summed E-state index contributed by atoms with van der Waals surface area (Å²) in [6, 6.07) is 39.7. The second kappa shape index (κ2) is 8.22. The topological polar surface area (TPSA) is 17.1 Å². The predicted molar refractivity (Wildman–Crippen MR) is 134 cm³/mol. The minimum absolute atomic E-state index is 0.197. The SMILES string of the molecule is CSc1cccc(P(C(C)=O)(c2ccccc2)(c2ccccc2)c2ccccc2)c1. The Morgan fingerprint density at radius 2 is 1.00 bits per heavy atom. The van der Waals surface area contributed by atoms with Crippen molar-refractivity contribution < 1.29 is 4.79 Å². The van der Waals surface area contributed by atoms with Crippen LogP contribution in [0.1, 0.15) is 6.92 Å². The van der Waals surface area contributed by atoms with Crippen molar-refractivity contribution in [3.8, 4) is 0 Å². The Bertz CT molecular complexity index is 1060. The van der Waals surface area contributed by atoms with Gasteiger partial charge in [-0.15, -0.1) is 0 Å². The molecule has 0 N–H and O–H groups in total. The van der Waals surface area contributed by atoms with E-state index in [1.165, 1.54) is 0 Å². The van der Waals surface area contributed by atoms with Gasteiger partial charge in [-0.25, -0.2) is 0 Å². The second-order valence-corrected chi connectivity index (χ2v) is 13.2. The molecule has 150 valence electrons. The maximum atomic E-state index is 14.2. The minimum atomic E-state index is -3.65. The van der Waals surface area contributed by atoms with Gasteiger partial charge in [-0.2, -0.15) is 0 Å². The van der Waals surface area contributed by atoms with E-state index in [1.54, 1.807) is 18.7 Å². The van der Waals surface area contributed by atoms with Gasteiger partial charge in [0, 0.05) is 0 Å². The van der Waals surface area contributed by atoms with Gasteiger partial charge in [0.15, 0.2) is 0 Å². The number of rotatable bonds is 6. The number of hydrogen-bond donors (Lipinski definition) is 0. The second-order valence-electron chi connectivity index (χ2n) is 7.35. The Morgan fingerprint density at radius 1 is 0.600 bits per heavy atom. The molecule has 0 unspecified atom stereocenters. The molecule has 4 aromatic rings. The Morgan fingerprint density at radius 3 is 1.37 bits per heavy atom. The Labute approximate surface area is 183 Å². The van der Waals surface area contributed by atoms with Crippen molar-refractivity contribution >= 4 is 45.1 Å². The van der Waals surface area contributed by atoms with Crippen LogP contribution in [0.15, 0.2) is 120 Å². The fraction of sp³-hybridized carbons (Fsp3) is 0.0741. The van der Waals surface area contributed by atoms with E-state index in [0.29, 0.717) is 0 Å². The van der Waals surface area contributed by atoms with Gasteiger partial charge in [0.1, 0.15) is 0 Å². The molecule has 30 heavy (non-hydrogen) atoms. The molecule has 0 aliphatic carbocycles. The van der Waals surface area contributed by atoms with E-state index in [0.717, 1.165) is 26.1 Å². The number of hydrogen-bond acceptors (Lipinski definition) is 2. The summed E-state index contributed by atoms with van der Waals surface area (Å²) in [4.78, 5) is 15.4. The number of benzene rings is 4. The summed E-state index contributed by atoms with van der Waals surface area (Å²) in [7, 11) is 0. The predicted octanol–water partition coefficient (Wildman–Crippen LogP) is 5.11. The van der Waals surface area contributed by atoms with Crippen LogP contribution in [-0.4, -0.2) is 11.8 Å². The standard InChI is InChI=1S/C27H25OPS/c1-22(28)29(23-13-6-3-7-14-23,24-15-8-4-9-16-24,25-17-10-5-11-18-25)26-19-12-20-27(21-26)30-2/h3-21H,1-2H3. The Balaban J connectivity index is 2.33. The molecule has 0 aliphatic heterocycles. The third-order valence-corrected chi connectivity index (χ3v) is 13.3. The number of carbonyl (C=O) groups is 1. The van der Waals surface area contributed by atoms with Crippen LogP contribution in [0.2, 0.25) is 0 Å². The fourth-order valence-corrected chi connectivity index (χ4v) is 11.6. The van der Waals surface area contributed by atoms with E-state index in [-0.39, 0.29) is 5.52 Å². The molecule has 0 heterocycles. The molecule has 0 bridgehead atoms. The molecular formula is C27H25OPS. The summed E-state index contributed by atoms with van der Waals surface area (Å²) in [6.45, 7) is -1.88. The first kappa shape index (κ1) is 20.6. The third-order valence-electron chi connectivity index (χ3n) is 6.02. The van der Waals surface area contributed by atoms with E-state index in [9.17, 15) is 4.79 Å². The van der Waals surface area contributed by atoms with Crippen LogP contribution in [0.3, 0.4) is 0 Å². The van der Waals surface area contributed by atoms with Crippen LogP contribution in [-0.2, 0) is 4.79 Å². The van der Waals surface area contributed by atoms with Gasteiger partial charge in [-0.1, -0.05) is 0 Å². The van der Waals surface area contributed by atoms with Crippen molar-refractivity contribution in [2.45, 2.75) is 11.8 Å². The van der Waals surface area contributed by atoms with Crippen molar-refractivity contribution in [1.29, 1.82) is 0 Å². The van der Waals surface area contributed by atoms with E-state index >= 15 is 0 Å². The molecular weight excluding hydrogens is 403 g/mol. The Kier molecular flexibility index (Phi) is 5.64. The quantitative estimate of drug-likeness (QED) is 0.314. The van der Waals surface area contributed by atoms with E-state index in [1.807, 2.05) is 54.6 Å². The van der Waals surface area contributed by atoms with Gasteiger partial charge in [-0.3, -0.25) is 0 Å². The molecule has 0 radical (unpaired) electrons. The summed E-state index contributed by atoms with van der Waals surface area (Å²) >= 11 is 1.70. The Hall–Kier alpha value is -2.67. The first-order chi connectivity index (χ1) is 14.6. The molecule has 0 atom stereocenters. The van der Waals surface area contributed by atoms with Crippen LogP contribution in [0, 0.1) is 0 Å². The van der Waals surface area contributed by atoms with Gasteiger partial charge in [0.05, 0.1) is 0 Å². The summed E-state index contributed by atoms with van der Waals surface area (Å²) < 4.78 is 0. The van der Waals surface area contributed by atoms with Crippen molar-refractivity contribution in [2.24, 2.45) is 0 Å². The van der Waals surface area contributed by atoms with Crippen molar-refractivity contribution in [2.75, 3.05) is 6.26 Å². The monoisotopic (exact) mass is 428 g/mol. The molecule has 4 rings (SSSR count). The van der Waals surface area contributed by atoms with Crippen molar-refractivity contribution in [3.63, 3.8) is 0 Å². The molecule has 0 spiro atoms. The van der Waals surface area contributed by atoms with Gasteiger partial charge in [0.25, 0.3) is 0 Å². The molecule has 4 aromatic carbocycles. The molecule has 0 saturated carbocycles. The molecule has 0 fully saturated rings. The first-order valence-electron chi connectivity index (χ1n) is 9.99. The molecule has 0 aromatic heterocycles. The van der Waals surface area contributed by atoms with E-state index in [4.69, 9.17) is 0 Å². The van der Waals surface area contributed by atoms with Gasteiger partial charge in [-0.05, 0) is 0 Å². The molecule has 1 nitrogen and oxygen atoms in total. The number of carbonyl (C=O) groups excluding carboxylic acids is 1.